The van der Waals surface area contributed by atoms with Crippen LogP contribution in [-0.4, -0.2) is 23.0 Å². The number of rotatable bonds is 4. The first-order chi connectivity index (χ1) is 8.56. The average molecular weight is 246 g/mol. The van der Waals surface area contributed by atoms with Gasteiger partial charge in [0.15, 0.2) is 0 Å². The third-order valence-electron chi connectivity index (χ3n) is 2.43. The van der Waals surface area contributed by atoms with Gasteiger partial charge in [0, 0.05) is 24.2 Å². The second-order valence-electron chi connectivity index (χ2n) is 3.94. The molecule has 1 aromatic carbocycles. The van der Waals surface area contributed by atoms with Gasteiger partial charge in [-0.3, -0.25) is 14.3 Å². The molecule has 4 N–H and O–H groups in total. The van der Waals surface area contributed by atoms with Crippen LogP contribution in [0.15, 0.2) is 30.5 Å². The number of nitrogens with two attached hydrogens (primary N) is 1. The van der Waals surface area contributed by atoms with E-state index in [1.165, 1.54) is 6.92 Å². The highest BCUT2D eigenvalue weighted by molar-refractivity contribution is 5.92. The van der Waals surface area contributed by atoms with Crippen LogP contribution in [0, 0.1) is 0 Å². The van der Waals surface area contributed by atoms with Crippen LogP contribution < -0.4 is 16.5 Å². The molecule has 1 aromatic heterocycles. The minimum Gasteiger partial charge on any atom is -0.368 e. The summed E-state index contributed by atoms with van der Waals surface area (Å²) in [6, 6.07) is 7.40. The van der Waals surface area contributed by atoms with Gasteiger partial charge in [-0.2, -0.15) is 0 Å². The number of nitrogens with one attached hydrogen (secondary N) is 2. The number of nitrogens with zero attached hydrogens (tertiary/aromatic N) is 1. The van der Waals surface area contributed by atoms with Crippen LogP contribution in [0.25, 0.3) is 10.9 Å². The van der Waals surface area contributed by atoms with E-state index >= 15 is 0 Å². The second kappa shape index (κ2) is 4.79. The smallest absolute Gasteiger partial charge is 0.238 e. The molecule has 0 aliphatic rings. The molecule has 2 aromatic rings. The minimum atomic E-state index is -0.424. The fourth-order valence-corrected chi connectivity index (χ4v) is 1.72. The summed E-state index contributed by atoms with van der Waals surface area (Å²) < 4.78 is 1.72. The number of hydrogen-bond donors (Lipinski definition) is 3. The predicted molar refractivity (Wildman–Crippen MR) is 69.7 cm³/mol. The molecule has 0 aliphatic carbocycles. The summed E-state index contributed by atoms with van der Waals surface area (Å²) in [6.07, 6.45) is 1.80. The first-order valence-corrected chi connectivity index (χ1v) is 5.47. The fraction of sp³-hybridized carbons (Fsp3) is 0.167. The molecule has 94 valence electrons. The normalized spacial score (nSPS) is 10.3. The van der Waals surface area contributed by atoms with Crippen LogP contribution in [0.2, 0.25) is 0 Å². The molecule has 0 aliphatic heterocycles. The van der Waals surface area contributed by atoms with Crippen LogP contribution in [0.3, 0.4) is 0 Å². The van der Waals surface area contributed by atoms with Crippen LogP contribution >= 0.6 is 0 Å². The van der Waals surface area contributed by atoms with Crippen molar-refractivity contribution in [3.05, 3.63) is 30.5 Å². The average Bonchev–Trinajstić information content (AvgIpc) is 2.68. The Balaban J connectivity index is 2.25. The molecule has 0 bridgehead atoms. The lowest BCUT2D eigenvalue weighted by Gasteiger charge is -2.07. The van der Waals surface area contributed by atoms with Crippen molar-refractivity contribution in [2.45, 2.75) is 6.92 Å². The van der Waals surface area contributed by atoms with Gasteiger partial charge in [-0.25, -0.2) is 0 Å². The highest BCUT2D eigenvalue weighted by atomic mass is 16.1. The summed E-state index contributed by atoms with van der Waals surface area (Å²) in [5.41, 5.74) is 9.60. The Bertz CT molecular complexity index is 603. The highest BCUT2D eigenvalue weighted by Gasteiger charge is 2.03. The Hall–Kier alpha value is -2.50. The van der Waals surface area contributed by atoms with Crippen molar-refractivity contribution in [2.24, 2.45) is 5.73 Å². The maximum Gasteiger partial charge on any atom is 0.238 e. The number of fused-ring (bicyclic) bond motifs is 1. The molecule has 6 heteroatoms. The third kappa shape index (κ3) is 2.60. The molecule has 0 radical (unpaired) electrons. The summed E-state index contributed by atoms with van der Waals surface area (Å²) >= 11 is 0. The minimum absolute atomic E-state index is 0.0667. The maximum atomic E-state index is 11.0. The number of aromatic nitrogens is 1. The van der Waals surface area contributed by atoms with E-state index in [0.29, 0.717) is 0 Å². The van der Waals surface area contributed by atoms with Crippen LogP contribution in [0.4, 0.5) is 5.69 Å². The van der Waals surface area contributed by atoms with Gasteiger partial charge >= 0.3 is 0 Å². The molecule has 1 heterocycles. The summed E-state index contributed by atoms with van der Waals surface area (Å²) in [5, 5.41) is 3.67. The summed E-state index contributed by atoms with van der Waals surface area (Å²) in [4.78, 5) is 21.7. The number of benzene rings is 1. The van der Waals surface area contributed by atoms with Crippen molar-refractivity contribution in [2.75, 3.05) is 17.3 Å². The maximum absolute atomic E-state index is 11.0. The lowest BCUT2D eigenvalue weighted by Crippen LogP contribution is -2.27. The van der Waals surface area contributed by atoms with E-state index in [9.17, 15) is 9.59 Å². The lowest BCUT2D eigenvalue weighted by molar-refractivity contribution is -0.116. The van der Waals surface area contributed by atoms with Crippen LogP contribution in [0.1, 0.15) is 6.92 Å². The van der Waals surface area contributed by atoms with Crippen molar-refractivity contribution >= 4 is 28.4 Å². The van der Waals surface area contributed by atoms with Crippen LogP contribution in [-0.2, 0) is 9.59 Å². The molecule has 0 saturated carbocycles. The van der Waals surface area contributed by atoms with Gasteiger partial charge in [0.25, 0.3) is 0 Å². The zero-order chi connectivity index (χ0) is 13.1. The SMILES string of the molecule is CC(=O)Nc1ccc2c(ccn2NCC(N)=O)c1. The van der Waals surface area contributed by atoms with Gasteiger partial charge in [-0.1, -0.05) is 0 Å². The molecule has 0 atom stereocenters. The lowest BCUT2D eigenvalue weighted by atomic mass is 10.2. The summed E-state index contributed by atoms with van der Waals surface area (Å²) in [6.45, 7) is 1.53. The molecule has 0 spiro atoms. The largest absolute Gasteiger partial charge is 0.368 e. The standard InChI is InChI=1S/C12H14N4O2/c1-8(17)15-10-2-3-11-9(6-10)4-5-16(11)14-7-12(13)18/h2-6,14H,7H2,1H3,(H2,13,18)(H,15,17). The highest BCUT2D eigenvalue weighted by Crippen LogP contribution is 2.19. The topological polar surface area (TPSA) is 89.2 Å². The van der Waals surface area contributed by atoms with Crippen molar-refractivity contribution in [1.29, 1.82) is 0 Å². The number of anilines is 1. The number of amides is 2. The van der Waals surface area contributed by atoms with Crippen molar-refractivity contribution < 1.29 is 9.59 Å². The molecule has 0 unspecified atom stereocenters. The number of primary amides is 1. The Morgan fingerprint density at radius 3 is 2.78 bits per heavy atom. The Kier molecular flexibility index (Phi) is 3.18. The number of carbonyl (C=O) groups excluding carboxylic acids is 2. The van der Waals surface area contributed by atoms with Crippen molar-refractivity contribution in [3.63, 3.8) is 0 Å². The quantitative estimate of drug-likeness (QED) is 0.739. The molecule has 18 heavy (non-hydrogen) atoms. The van der Waals surface area contributed by atoms with Crippen molar-refractivity contribution in [3.8, 4) is 0 Å². The van der Waals surface area contributed by atoms with Crippen molar-refractivity contribution in [1.82, 2.24) is 4.68 Å². The monoisotopic (exact) mass is 246 g/mol. The van der Waals surface area contributed by atoms with Crippen LogP contribution in [0.5, 0.6) is 0 Å². The van der Waals surface area contributed by atoms with E-state index in [2.05, 4.69) is 10.7 Å². The zero-order valence-corrected chi connectivity index (χ0v) is 9.93. The van der Waals surface area contributed by atoms with Gasteiger partial charge in [-0.05, 0) is 24.3 Å². The van der Waals surface area contributed by atoms with E-state index in [0.717, 1.165) is 16.6 Å². The predicted octanol–water partition coefficient (Wildman–Crippen LogP) is 0.628. The Labute approximate surface area is 104 Å². The van der Waals surface area contributed by atoms with Gasteiger partial charge in [0.1, 0.15) is 6.54 Å². The van der Waals surface area contributed by atoms with Gasteiger partial charge < -0.3 is 16.5 Å². The van der Waals surface area contributed by atoms with E-state index in [-0.39, 0.29) is 12.5 Å². The first kappa shape index (κ1) is 12.0. The molecular weight excluding hydrogens is 232 g/mol. The molecule has 6 nitrogen and oxygen atoms in total. The Morgan fingerprint density at radius 1 is 1.33 bits per heavy atom. The first-order valence-electron chi connectivity index (χ1n) is 5.47. The summed E-state index contributed by atoms with van der Waals surface area (Å²) in [7, 11) is 0. The van der Waals surface area contributed by atoms with E-state index in [1.807, 2.05) is 18.2 Å². The van der Waals surface area contributed by atoms with E-state index < -0.39 is 5.91 Å². The van der Waals surface area contributed by atoms with E-state index in [1.54, 1.807) is 16.9 Å². The van der Waals surface area contributed by atoms with Gasteiger partial charge in [0.2, 0.25) is 11.8 Å². The zero-order valence-electron chi connectivity index (χ0n) is 9.93. The third-order valence-corrected chi connectivity index (χ3v) is 2.43. The molecule has 2 amide bonds. The molecule has 2 rings (SSSR count). The number of hydrogen-bond acceptors (Lipinski definition) is 3. The number of carbonyl (C=O) groups is 2. The summed E-state index contributed by atoms with van der Waals surface area (Å²) in [5.74, 6) is -0.535. The van der Waals surface area contributed by atoms with Gasteiger partial charge in [-0.15, -0.1) is 0 Å². The fourth-order valence-electron chi connectivity index (χ4n) is 1.72. The molecular formula is C12H14N4O2. The molecule has 0 saturated heterocycles. The second-order valence-corrected chi connectivity index (χ2v) is 3.94. The van der Waals surface area contributed by atoms with Gasteiger partial charge in [0.05, 0.1) is 5.52 Å². The molecule has 0 fully saturated rings. The Morgan fingerprint density at radius 2 is 2.11 bits per heavy atom. The van der Waals surface area contributed by atoms with E-state index in [4.69, 9.17) is 5.73 Å².